The van der Waals surface area contributed by atoms with Gasteiger partial charge >= 0.3 is 12.1 Å². The van der Waals surface area contributed by atoms with E-state index in [1.54, 1.807) is 0 Å². The second kappa shape index (κ2) is 5.07. The van der Waals surface area contributed by atoms with E-state index in [1.807, 2.05) is 0 Å². The summed E-state index contributed by atoms with van der Waals surface area (Å²) in [5, 5.41) is 0. The van der Waals surface area contributed by atoms with Gasteiger partial charge in [0.15, 0.2) is 0 Å². The molecule has 0 saturated heterocycles. The van der Waals surface area contributed by atoms with Crippen molar-refractivity contribution in [3.05, 3.63) is 29.8 Å². The van der Waals surface area contributed by atoms with Gasteiger partial charge in [0.2, 0.25) is 0 Å². The molecule has 0 aliphatic rings. The summed E-state index contributed by atoms with van der Waals surface area (Å²) in [6, 6.07) is 5.23. The lowest BCUT2D eigenvalue weighted by molar-refractivity contribution is -0.189. The number of amides is 1. The average molecular weight is 261 g/mol. The molecule has 0 spiro atoms. The number of para-hydroxylation sites is 1. The predicted octanol–water partition coefficient (Wildman–Crippen LogP) is 1.86. The van der Waals surface area contributed by atoms with Gasteiger partial charge in [-0.05, 0) is 12.1 Å². The monoisotopic (exact) mass is 261 g/mol. The summed E-state index contributed by atoms with van der Waals surface area (Å²) >= 11 is 0. The highest BCUT2D eigenvalue weighted by Crippen LogP contribution is 2.23. The molecule has 0 aromatic heterocycles. The molecule has 0 saturated carbocycles. The van der Waals surface area contributed by atoms with E-state index in [-0.39, 0.29) is 5.56 Å². The van der Waals surface area contributed by atoms with Crippen LogP contribution in [0.25, 0.3) is 0 Å². The van der Waals surface area contributed by atoms with Crippen LogP contribution < -0.4 is 4.74 Å². The van der Waals surface area contributed by atoms with Crippen molar-refractivity contribution in [2.24, 2.45) is 0 Å². The molecule has 7 heteroatoms. The van der Waals surface area contributed by atoms with Gasteiger partial charge in [-0.25, -0.2) is 4.79 Å². The largest absolute Gasteiger partial charge is 0.491 e. The van der Waals surface area contributed by atoms with E-state index in [2.05, 4.69) is 4.74 Å². The molecule has 1 aromatic carbocycles. The zero-order valence-corrected chi connectivity index (χ0v) is 9.62. The molecule has 4 nitrogen and oxygen atoms in total. The fourth-order valence-corrected chi connectivity index (χ4v) is 1.13. The normalized spacial score (nSPS) is 10.9. The molecular weight excluding hydrogens is 251 g/mol. The molecule has 0 fully saturated rings. The Hall–Kier alpha value is -2.05. The standard InChI is InChI=1S/C11H10F3NO3/c1-15(2)9(16)7-5-3-4-6-8(7)18-10(17)11(12,13)14/h3-6H,1-2H3. The van der Waals surface area contributed by atoms with E-state index < -0.39 is 23.8 Å². The van der Waals surface area contributed by atoms with Crippen LogP contribution in [-0.2, 0) is 4.79 Å². The Morgan fingerprint density at radius 1 is 1.17 bits per heavy atom. The van der Waals surface area contributed by atoms with Crippen LogP contribution in [0.2, 0.25) is 0 Å². The third-order valence-electron chi connectivity index (χ3n) is 1.96. The summed E-state index contributed by atoms with van der Waals surface area (Å²) < 4.78 is 40.3. The van der Waals surface area contributed by atoms with Crippen molar-refractivity contribution in [1.29, 1.82) is 0 Å². The third-order valence-corrected chi connectivity index (χ3v) is 1.96. The first-order valence-electron chi connectivity index (χ1n) is 4.83. The van der Waals surface area contributed by atoms with Crippen molar-refractivity contribution >= 4 is 11.9 Å². The van der Waals surface area contributed by atoms with Crippen molar-refractivity contribution in [1.82, 2.24) is 4.90 Å². The minimum atomic E-state index is -5.10. The molecule has 1 amide bonds. The molecule has 18 heavy (non-hydrogen) atoms. The first kappa shape index (κ1) is 14.0. The number of hydrogen-bond donors (Lipinski definition) is 0. The minimum Gasteiger partial charge on any atom is -0.419 e. The Morgan fingerprint density at radius 2 is 1.72 bits per heavy atom. The smallest absolute Gasteiger partial charge is 0.419 e. The first-order valence-corrected chi connectivity index (χ1v) is 4.83. The van der Waals surface area contributed by atoms with Gasteiger partial charge in [0.1, 0.15) is 5.75 Å². The Bertz CT molecular complexity index is 469. The Kier molecular flexibility index (Phi) is 3.95. The fourth-order valence-electron chi connectivity index (χ4n) is 1.13. The zero-order chi connectivity index (χ0) is 13.9. The van der Waals surface area contributed by atoms with Crippen LogP contribution in [-0.4, -0.2) is 37.0 Å². The molecule has 1 aromatic rings. The molecular formula is C11H10F3NO3. The lowest BCUT2D eigenvalue weighted by Crippen LogP contribution is -2.29. The van der Waals surface area contributed by atoms with E-state index in [0.29, 0.717) is 0 Å². The van der Waals surface area contributed by atoms with E-state index in [0.717, 1.165) is 6.07 Å². The lowest BCUT2D eigenvalue weighted by atomic mass is 10.2. The number of benzene rings is 1. The van der Waals surface area contributed by atoms with Gasteiger partial charge < -0.3 is 9.64 Å². The maximum Gasteiger partial charge on any atom is 0.491 e. The maximum absolute atomic E-state index is 12.1. The summed E-state index contributed by atoms with van der Waals surface area (Å²) in [4.78, 5) is 23.5. The van der Waals surface area contributed by atoms with Gasteiger partial charge in [-0.1, -0.05) is 12.1 Å². The first-order chi connectivity index (χ1) is 8.23. The van der Waals surface area contributed by atoms with Crippen molar-refractivity contribution in [2.75, 3.05) is 14.1 Å². The van der Waals surface area contributed by atoms with Crippen LogP contribution in [0.1, 0.15) is 10.4 Å². The second-order valence-corrected chi connectivity index (χ2v) is 3.58. The highest BCUT2D eigenvalue weighted by atomic mass is 19.4. The number of carbonyl (C=O) groups excluding carboxylic acids is 2. The maximum atomic E-state index is 12.1. The van der Waals surface area contributed by atoms with Crippen LogP contribution in [0.5, 0.6) is 5.75 Å². The van der Waals surface area contributed by atoms with Gasteiger partial charge in [0.05, 0.1) is 5.56 Å². The van der Waals surface area contributed by atoms with Crippen molar-refractivity contribution < 1.29 is 27.5 Å². The molecule has 1 rings (SSSR count). The average Bonchev–Trinajstić information content (AvgIpc) is 2.27. The number of carbonyl (C=O) groups is 2. The molecule has 0 aliphatic heterocycles. The van der Waals surface area contributed by atoms with Crippen molar-refractivity contribution in [2.45, 2.75) is 6.18 Å². The van der Waals surface area contributed by atoms with E-state index in [1.165, 1.54) is 37.2 Å². The summed E-state index contributed by atoms with van der Waals surface area (Å²) in [5.74, 6) is -3.33. The number of esters is 1. The topological polar surface area (TPSA) is 46.6 Å². The number of halogens is 3. The number of rotatable bonds is 2. The highest BCUT2D eigenvalue weighted by molar-refractivity contribution is 5.97. The van der Waals surface area contributed by atoms with Gasteiger partial charge in [-0.15, -0.1) is 0 Å². The second-order valence-electron chi connectivity index (χ2n) is 3.58. The summed E-state index contributed by atoms with van der Waals surface area (Å²) in [6.07, 6.45) is -5.10. The molecule has 0 atom stereocenters. The summed E-state index contributed by atoms with van der Waals surface area (Å²) in [5.41, 5.74) is -0.111. The van der Waals surface area contributed by atoms with E-state index in [4.69, 9.17) is 0 Å². The third kappa shape index (κ3) is 3.22. The van der Waals surface area contributed by atoms with Crippen LogP contribution in [0.3, 0.4) is 0 Å². The van der Waals surface area contributed by atoms with Crippen LogP contribution in [0, 0.1) is 0 Å². The van der Waals surface area contributed by atoms with Gasteiger partial charge in [0.25, 0.3) is 5.91 Å². The van der Waals surface area contributed by atoms with Crippen LogP contribution in [0.4, 0.5) is 13.2 Å². The van der Waals surface area contributed by atoms with Gasteiger partial charge in [0, 0.05) is 14.1 Å². The number of ether oxygens (including phenoxy) is 1. The Morgan fingerprint density at radius 3 is 2.22 bits per heavy atom. The highest BCUT2D eigenvalue weighted by Gasteiger charge is 2.41. The van der Waals surface area contributed by atoms with Gasteiger partial charge in [-0.3, -0.25) is 4.79 Å². The zero-order valence-electron chi connectivity index (χ0n) is 9.62. The van der Waals surface area contributed by atoms with Crippen LogP contribution >= 0.6 is 0 Å². The molecule has 0 N–H and O–H groups in total. The fraction of sp³-hybridized carbons (Fsp3) is 0.273. The quantitative estimate of drug-likeness (QED) is 0.603. The van der Waals surface area contributed by atoms with Crippen molar-refractivity contribution in [3.8, 4) is 5.75 Å². The van der Waals surface area contributed by atoms with E-state index >= 15 is 0 Å². The van der Waals surface area contributed by atoms with Gasteiger partial charge in [-0.2, -0.15) is 13.2 Å². The molecule has 0 unspecified atom stereocenters. The van der Waals surface area contributed by atoms with Crippen LogP contribution in [0.15, 0.2) is 24.3 Å². The Labute approximate surface area is 101 Å². The lowest BCUT2D eigenvalue weighted by Gasteiger charge is -2.14. The summed E-state index contributed by atoms with van der Waals surface area (Å²) in [7, 11) is 2.87. The molecule has 0 aliphatic carbocycles. The molecule has 0 heterocycles. The molecule has 98 valence electrons. The molecule has 0 radical (unpaired) electrons. The van der Waals surface area contributed by atoms with E-state index in [9.17, 15) is 22.8 Å². The predicted molar refractivity (Wildman–Crippen MR) is 56.1 cm³/mol. The molecule has 0 bridgehead atoms. The minimum absolute atomic E-state index is 0.111. The summed E-state index contributed by atoms with van der Waals surface area (Å²) in [6.45, 7) is 0. The SMILES string of the molecule is CN(C)C(=O)c1ccccc1OC(=O)C(F)(F)F. The number of nitrogens with zero attached hydrogens (tertiary/aromatic N) is 1. The Balaban J connectivity index is 3.04. The van der Waals surface area contributed by atoms with Crippen molar-refractivity contribution in [3.63, 3.8) is 0 Å². The number of alkyl halides is 3. The number of hydrogen-bond acceptors (Lipinski definition) is 3.